The molecule has 9 N–H and O–H groups in total. The molecule has 2 saturated heterocycles. The third-order valence-electron chi connectivity index (χ3n) is 14.5. The number of unbranched alkanes of at least 4 members (excludes halogenated alkanes) is 21. The van der Waals surface area contributed by atoms with E-state index in [1.54, 1.807) is 6.08 Å². The third kappa shape index (κ3) is 34.8. The Kier molecular flexibility index (Phi) is 45.1. The van der Waals surface area contributed by atoms with Crippen LogP contribution in [0.15, 0.2) is 97.2 Å². The number of allylic oxidation sites excluding steroid dienone is 15. The largest absolute Gasteiger partial charge is 0.394 e. The second-order valence-corrected chi connectivity index (χ2v) is 21.5. The summed E-state index contributed by atoms with van der Waals surface area (Å²) in [6.45, 7) is 2.67. The van der Waals surface area contributed by atoms with Gasteiger partial charge in [-0.15, -0.1) is 0 Å². The van der Waals surface area contributed by atoms with Crippen molar-refractivity contribution in [3.63, 3.8) is 0 Å². The van der Waals surface area contributed by atoms with Crippen LogP contribution in [0.5, 0.6) is 0 Å². The fourth-order valence-corrected chi connectivity index (χ4v) is 9.56. The van der Waals surface area contributed by atoms with Crippen LogP contribution in [-0.4, -0.2) is 140 Å². The molecule has 14 nitrogen and oxygen atoms in total. The van der Waals surface area contributed by atoms with E-state index in [-0.39, 0.29) is 18.9 Å². The molecule has 14 heteroatoms. The lowest BCUT2D eigenvalue weighted by Gasteiger charge is -2.46. The van der Waals surface area contributed by atoms with Gasteiger partial charge in [-0.3, -0.25) is 4.79 Å². The van der Waals surface area contributed by atoms with E-state index in [0.29, 0.717) is 6.42 Å². The molecule has 12 unspecified atom stereocenters. The summed E-state index contributed by atoms with van der Waals surface area (Å²) in [5.74, 6) is -0.254. The minimum atomic E-state index is -1.79. The molecule has 0 aromatic carbocycles. The van der Waals surface area contributed by atoms with E-state index in [0.717, 1.165) is 103 Å². The van der Waals surface area contributed by atoms with Gasteiger partial charge in [-0.25, -0.2) is 0 Å². The first-order valence-electron chi connectivity index (χ1n) is 31.0. The number of aliphatic hydroxyl groups excluding tert-OH is 8. The Morgan fingerprint density at radius 3 is 1.34 bits per heavy atom. The highest BCUT2D eigenvalue weighted by molar-refractivity contribution is 5.76. The van der Waals surface area contributed by atoms with Gasteiger partial charge in [0, 0.05) is 6.42 Å². The van der Waals surface area contributed by atoms with Crippen LogP contribution in [0.2, 0.25) is 0 Å². The SMILES string of the molecule is CC/C=C\C/C=C\C/C=C\C/C=C\C/C=C\C/C=C\C/C=C\CCCCCCCCCC(=O)NC(COC1OC(CO)C(OC2OC(CO)C(O)C(O)C2O)C(O)C1O)C(O)/C=C/CCCCCCCCCCCCCCCC. The molecule has 0 aromatic rings. The van der Waals surface area contributed by atoms with Crippen LogP contribution in [0, 0.1) is 0 Å². The lowest BCUT2D eigenvalue weighted by Crippen LogP contribution is -2.65. The van der Waals surface area contributed by atoms with E-state index in [1.165, 1.54) is 83.5 Å². The van der Waals surface area contributed by atoms with Crippen LogP contribution < -0.4 is 5.32 Å². The van der Waals surface area contributed by atoms with Crippen molar-refractivity contribution in [2.75, 3.05) is 19.8 Å². The first kappa shape index (κ1) is 72.0. The molecule has 2 fully saturated rings. The average molecular weight is 1110 g/mol. The van der Waals surface area contributed by atoms with Crippen molar-refractivity contribution in [2.45, 2.75) is 286 Å². The second kappa shape index (κ2) is 49.5. The van der Waals surface area contributed by atoms with Gasteiger partial charge >= 0.3 is 0 Å². The highest BCUT2D eigenvalue weighted by atomic mass is 16.7. The number of hydrogen-bond donors (Lipinski definition) is 9. The Bertz CT molecular complexity index is 1690. The van der Waals surface area contributed by atoms with Crippen molar-refractivity contribution >= 4 is 5.91 Å². The summed E-state index contributed by atoms with van der Waals surface area (Å²) in [5.41, 5.74) is 0. The number of ether oxygens (including phenoxy) is 4. The Morgan fingerprint density at radius 1 is 0.468 bits per heavy atom. The van der Waals surface area contributed by atoms with E-state index in [4.69, 9.17) is 18.9 Å². The van der Waals surface area contributed by atoms with Gasteiger partial charge < -0.3 is 65.1 Å². The van der Waals surface area contributed by atoms with Gasteiger partial charge in [-0.1, -0.05) is 227 Å². The minimum absolute atomic E-state index is 0.254. The molecule has 0 radical (unpaired) electrons. The summed E-state index contributed by atoms with van der Waals surface area (Å²) >= 11 is 0. The fraction of sp³-hybridized carbons (Fsp3) is 0.738. The monoisotopic (exact) mass is 1110 g/mol. The predicted octanol–water partition coefficient (Wildman–Crippen LogP) is 11.1. The highest BCUT2D eigenvalue weighted by Crippen LogP contribution is 2.30. The van der Waals surface area contributed by atoms with Gasteiger partial charge in [-0.2, -0.15) is 0 Å². The van der Waals surface area contributed by atoms with Crippen LogP contribution in [-0.2, 0) is 23.7 Å². The molecule has 0 aromatic heterocycles. The normalized spacial score (nSPS) is 25.1. The molecule has 0 aliphatic carbocycles. The van der Waals surface area contributed by atoms with Gasteiger partial charge in [0.1, 0.15) is 48.8 Å². The molecule has 2 heterocycles. The van der Waals surface area contributed by atoms with Crippen LogP contribution in [0.25, 0.3) is 0 Å². The van der Waals surface area contributed by atoms with Crippen molar-refractivity contribution in [3.8, 4) is 0 Å². The molecule has 454 valence electrons. The fourth-order valence-electron chi connectivity index (χ4n) is 9.56. The molecule has 12 atom stereocenters. The molecule has 2 aliphatic heterocycles. The summed E-state index contributed by atoms with van der Waals surface area (Å²) in [4.78, 5) is 13.3. The zero-order valence-electron chi connectivity index (χ0n) is 48.8. The van der Waals surface area contributed by atoms with Crippen LogP contribution in [0.3, 0.4) is 0 Å². The Balaban J connectivity index is 1.74. The third-order valence-corrected chi connectivity index (χ3v) is 14.5. The summed E-state index contributed by atoms with van der Waals surface area (Å²) in [5, 5.41) is 87.1. The van der Waals surface area contributed by atoms with E-state index >= 15 is 0 Å². The minimum Gasteiger partial charge on any atom is -0.394 e. The quantitative estimate of drug-likeness (QED) is 0.0204. The lowest BCUT2D eigenvalue weighted by atomic mass is 9.97. The maximum Gasteiger partial charge on any atom is 0.220 e. The first-order chi connectivity index (χ1) is 38.6. The number of carbonyl (C=O) groups is 1. The lowest BCUT2D eigenvalue weighted by molar-refractivity contribution is -0.359. The standard InChI is InChI=1S/C65H111NO13/c1-3-5-7-9-11-13-15-17-19-21-22-23-24-25-26-27-28-29-30-31-32-33-35-37-39-41-43-45-47-49-57(70)66-53(54(69)48-46-44-42-40-38-36-34-20-18-16-14-12-10-8-6-4-2)52-76-64-62(75)60(73)63(56(51-68)78-64)79-65-61(74)59(72)58(71)55(50-67)77-65/h5,7,11,13,17,19,22-23,25-26,28-29,31-32,46,48,53-56,58-65,67-69,71-75H,3-4,6,8-10,12,14-16,18,20-21,24,27,30,33-45,47,49-52H2,1-2H3,(H,66,70)/b7-5-,13-11-,19-17-,23-22-,26-25-,29-28-,32-31-,48-46+. The van der Waals surface area contributed by atoms with Crippen molar-refractivity contribution < 1.29 is 64.6 Å². The smallest absolute Gasteiger partial charge is 0.220 e. The number of nitrogens with one attached hydrogen (secondary N) is 1. The summed E-state index contributed by atoms with van der Waals surface area (Å²) in [6.07, 6.45) is 51.5. The van der Waals surface area contributed by atoms with E-state index < -0.39 is 86.8 Å². The van der Waals surface area contributed by atoms with Gasteiger partial charge in [0.05, 0.1) is 32.0 Å². The molecule has 0 saturated carbocycles. The number of hydrogen-bond acceptors (Lipinski definition) is 13. The molecule has 2 rings (SSSR count). The summed E-state index contributed by atoms with van der Waals surface area (Å²) in [6, 6.07) is -0.927. The van der Waals surface area contributed by atoms with E-state index in [1.807, 2.05) is 6.08 Å². The summed E-state index contributed by atoms with van der Waals surface area (Å²) in [7, 11) is 0. The predicted molar refractivity (Wildman–Crippen MR) is 318 cm³/mol. The van der Waals surface area contributed by atoms with Crippen molar-refractivity contribution in [3.05, 3.63) is 97.2 Å². The maximum absolute atomic E-state index is 13.3. The Hall–Kier alpha value is -3.09. The zero-order valence-corrected chi connectivity index (χ0v) is 48.8. The van der Waals surface area contributed by atoms with Crippen LogP contribution in [0.1, 0.15) is 213 Å². The topological polar surface area (TPSA) is 228 Å². The Morgan fingerprint density at radius 2 is 0.873 bits per heavy atom. The first-order valence-corrected chi connectivity index (χ1v) is 31.0. The van der Waals surface area contributed by atoms with E-state index in [2.05, 4.69) is 104 Å². The number of amides is 1. The van der Waals surface area contributed by atoms with Crippen molar-refractivity contribution in [1.82, 2.24) is 5.32 Å². The van der Waals surface area contributed by atoms with Crippen molar-refractivity contribution in [1.29, 1.82) is 0 Å². The molecular formula is C65H111NO13. The molecule has 2 aliphatic rings. The number of carbonyl (C=O) groups excluding carboxylic acids is 1. The van der Waals surface area contributed by atoms with Gasteiger partial charge in [0.15, 0.2) is 12.6 Å². The Labute approximate surface area is 477 Å². The van der Waals surface area contributed by atoms with E-state index in [9.17, 15) is 45.6 Å². The second-order valence-electron chi connectivity index (χ2n) is 21.5. The molecular weight excluding hydrogens is 1000 g/mol. The molecule has 0 spiro atoms. The molecule has 1 amide bonds. The van der Waals surface area contributed by atoms with Crippen LogP contribution >= 0.6 is 0 Å². The van der Waals surface area contributed by atoms with Crippen LogP contribution in [0.4, 0.5) is 0 Å². The maximum atomic E-state index is 13.3. The van der Waals surface area contributed by atoms with Gasteiger partial charge in [0.2, 0.25) is 5.91 Å². The number of aliphatic hydroxyl groups is 8. The summed E-state index contributed by atoms with van der Waals surface area (Å²) < 4.78 is 22.8. The molecule has 0 bridgehead atoms. The van der Waals surface area contributed by atoms with Crippen molar-refractivity contribution in [2.24, 2.45) is 0 Å². The zero-order chi connectivity index (χ0) is 57.4. The highest BCUT2D eigenvalue weighted by Gasteiger charge is 2.51. The number of rotatable bonds is 48. The van der Waals surface area contributed by atoms with Gasteiger partial charge in [-0.05, 0) is 77.0 Å². The van der Waals surface area contributed by atoms with Gasteiger partial charge in [0.25, 0.3) is 0 Å². The molecule has 79 heavy (non-hydrogen) atoms. The average Bonchev–Trinajstić information content (AvgIpc) is 3.48.